The first-order valence-corrected chi connectivity index (χ1v) is 8.60. The van der Waals surface area contributed by atoms with Crippen LogP contribution in [0.5, 0.6) is 5.75 Å². The monoisotopic (exact) mass is 342 g/mol. The van der Waals surface area contributed by atoms with Gasteiger partial charge in [0, 0.05) is 6.07 Å². The number of aliphatic imine (C=N–C) groups is 2. The molecule has 0 bridgehead atoms. The minimum Gasteiger partial charge on any atom is -0.479 e. The molecule has 3 aliphatic rings. The fourth-order valence-electron chi connectivity index (χ4n) is 3.82. The van der Waals surface area contributed by atoms with Crippen LogP contribution in [0.3, 0.4) is 0 Å². The van der Waals surface area contributed by atoms with Crippen molar-refractivity contribution in [3.8, 4) is 5.75 Å². The van der Waals surface area contributed by atoms with Gasteiger partial charge >= 0.3 is 0 Å². The predicted molar refractivity (Wildman–Crippen MR) is 96.7 cm³/mol. The second kappa shape index (κ2) is 5.65. The third-order valence-electron chi connectivity index (χ3n) is 5.01. The third kappa shape index (κ3) is 2.57. The summed E-state index contributed by atoms with van der Waals surface area (Å²) in [5.74, 6) is 1.03. The molecular formula is C17H22N6O2. The average Bonchev–Trinajstić information content (AvgIpc) is 2.56. The van der Waals surface area contributed by atoms with Crippen LogP contribution in [-0.4, -0.2) is 29.6 Å². The van der Waals surface area contributed by atoms with E-state index in [0.717, 1.165) is 31.4 Å². The number of ether oxygens (including phenoxy) is 1. The number of benzene rings is 1. The molecular weight excluding hydrogens is 320 g/mol. The lowest BCUT2D eigenvalue weighted by atomic mass is 9.87. The molecule has 4 rings (SSSR count). The van der Waals surface area contributed by atoms with Crippen molar-refractivity contribution in [2.24, 2.45) is 21.5 Å². The van der Waals surface area contributed by atoms with E-state index in [1.165, 1.54) is 6.42 Å². The van der Waals surface area contributed by atoms with Gasteiger partial charge in [-0.15, -0.1) is 0 Å². The Morgan fingerprint density at radius 3 is 2.80 bits per heavy atom. The molecule has 1 aromatic rings. The highest BCUT2D eigenvalue weighted by atomic mass is 16.5. The van der Waals surface area contributed by atoms with Crippen LogP contribution in [0.25, 0.3) is 0 Å². The van der Waals surface area contributed by atoms with Crippen LogP contribution in [-0.2, 0) is 4.79 Å². The summed E-state index contributed by atoms with van der Waals surface area (Å²) in [6.45, 7) is 1.72. The molecule has 0 aromatic heterocycles. The number of hydrogen-bond acceptors (Lipinski definition) is 7. The van der Waals surface area contributed by atoms with Crippen molar-refractivity contribution in [2.45, 2.75) is 50.8 Å². The van der Waals surface area contributed by atoms with Crippen LogP contribution in [0, 0.1) is 0 Å². The Morgan fingerprint density at radius 1 is 1.28 bits per heavy atom. The van der Waals surface area contributed by atoms with E-state index in [1.807, 2.05) is 23.1 Å². The van der Waals surface area contributed by atoms with Crippen LogP contribution in [0.4, 0.5) is 11.4 Å². The quantitative estimate of drug-likeness (QED) is 0.715. The zero-order valence-electron chi connectivity index (χ0n) is 14.2. The zero-order chi connectivity index (χ0) is 17.6. The lowest BCUT2D eigenvalue weighted by molar-refractivity contribution is -0.122. The number of rotatable bonds is 1. The zero-order valence-corrected chi connectivity index (χ0v) is 14.2. The summed E-state index contributed by atoms with van der Waals surface area (Å²) in [5, 5.41) is 2.84. The Bertz CT molecular complexity index is 781. The van der Waals surface area contributed by atoms with Gasteiger partial charge in [-0.1, -0.05) is 6.42 Å². The average molecular weight is 342 g/mol. The highest BCUT2D eigenvalue weighted by Gasteiger charge is 2.43. The van der Waals surface area contributed by atoms with Crippen molar-refractivity contribution in [1.29, 1.82) is 0 Å². The topological polar surface area (TPSA) is 118 Å². The smallest absolute Gasteiger partial charge is 0.265 e. The van der Waals surface area contributed by atoms with Gasteiger partial charge in [-0.25, -0.2) is 4.99 Å². The maximum absolute atomic E-state index is 11.8. The first-order chi connectivity index (χ1) is 12.0. The Labute approximate surface area is 145 Å². The molecule has 1 saturated carbocycles. The van der Waals surface area contributed by atoms with Crippen molar-refractivity contribution in [1.82, 2.24) is 0 Å². The number of anilines is 2. The molecule has 132 valence electrons. The number of nitrogens with one attached hydrogen (secondary N) is 1. The van der Waals surface area contributed by atoms with E-state index in [0.29, 0.717) is 17.4 Å². The molecule has 8 nitrogen and oxygen atoms in total. The summed E-state index contributed by atoms with van der Waals surface area (Å²) in [6, 6.07) is 5.59. The standard InChI is InChI=1S/C17H22N6O2/c1-10-14(24)20-12-6-5-11(9-13(12)25-10)23-16(19)21-15(18)22-17(23)7-3-2-4-8-17/h5-6,9-10H,2-4,7-8H2,1H3,(H,20,24)(H4,18,19,21,22). The van der Waals surface area contributed by atoms with Gasteiger partial charge in [-0.3, -0.25) is 9.69 Å². The van der Waals surface area contributed by atoms with E-state index in [-0.39, 0.29) is 11.9 Å². The van der Waals surface area contributed by atoms with Gasteiger partial charge in [0.05, 0.1) is 11.4 Å². The highest BCUT2D eigenvalue weighted by molar-refractivity contribution is 6.06. The van der Waals surface area contributed by atoms with Gasteiger partial charge in [0.2, 0.25) is 11.9 Å². The second-order valence-electron chi connectivity index (χ2n) is 6.75. The summed E-state index contributed by atoms with van der Waals surface area (Å²) in [7, 11) is 0. The summed E-state index contributed by atoms with van der Waals surface area (Å²) in [5.41, 5.74) is 13.1. The van der Waals surface area contributed by atoms with E-state index in [1.54, 1.807) is 6.92 Å². The minimum atomic E-state index is -0.535. The fourth-order valence-corrected chi connectivity index (χ4v) is 3.82. The number of carbonyl (C=O) groups is 1. The largest absolute Gasteiger partial charge is 0.479 e. The number of nitrogens with two attached hydrogens (primary N) is 2. The van der Waals surface area contributed by atoms with Gasteiger partial charge in [-0.05, 0) is 44.7 Å². The summed E-state index contributed by atoms with van der Waals surface area (Å²) < 4.78 is 5.73. The Hall–Kier alpha value is -2.77. The molecule has 1 aromatic carbocycles. The van der Waals surface area contributed by atoms with Gasteiger partial charge in [0.15, 0.2) is 6.10 Å². The number of hydrogen-bond donors (Lipinski definition) is 3. The number of fused-ring (bicyclic) bond motifs is 1. The first-order valence-electron chi connectivity index (χ1n) is 8.60. The number of amides is 1. The molecule has 1 fully saturated rings. The molecule has 0 radical (unpaired) electrons. The van der Waals surface area contributed by atoms with Gasteiger partial charge in [-0.2, -0.15) is 4.99 Å². The van der Waals surface area contributed by atoms with Gasteiger partial charge in [0.25, 0.3) is 5.91 Å². The van der Waals surface area contributed by atoms with Crippen LogP contribution in [0.15, 0.2) is 28.2 Å². The van der Waals surface area contributed by atoms with E-state index in [4.69, 9.17) is 16.2 Å². The maximum Gasteiger partial charge on any atom is 0.265 e. The van der Waals surface area contributed by atoms with E-state index >= 15 is 0 Å². The van der Waals surface area contributed by atoms with Crippen molar-refractivity contribution in [2.75, 3.05) is 10.2 Å². The highest BCUT2D eigenvalue weighted by Crippen LogP contribution is 2.42. The summed E-state index contributed by atoms with van der Waals surface area (Å²) >= 11 is 0. The maximum atomic E-state index is 11.8. The Balaban J connectivity index is 1.76. The molecule has 0 saturated heterocycles. The molecule has 5 N–H and O–H groups in total. The molecule has 2 heterocycles. The van der Waals surface area contributed by atoms with E-state index in [9.17, 15) is 4.79 Å². The lowest BCUT2D eigenvalue weighted by Crippen LogP contribution is -2.58. The fraction of sp³-hybridized carbons (Fsp3) is 0.471. The molecule has 8 heteroatoms. The van der Waals surface area contributed by atoms with Crippen molar-refractivity contribution >= 4 is 29.2 Å². The third-order valence-corrected chi connectivity index (χ3v) is 5.01. The molecule has 1 atom stereocenters. The van der Waals surface area contributed by atoms with Crippen LogP contribution >= 0.6 is 0 Å². The second-order valence-corrected chi connectivity index (χ2v) is 6.75. The van der Waals surface area contributed by atoms with Gasteiger partial charge < -0.3 is 21.5 Å². The summed E-state index contributed by atoms with van der Waals surface area (Å²) in [4.78, 5) is 22.5. The van der Waals surface area contributed by atoms with Crippen molar-refractivity contribution < 1.29 is 9.53 Å². The normalized spacial score (nSPS) is 24.8. The van der Waals surface area contributed by atoms with E-state index in [2.05, 4.69) is 15.3 Å². The van der Waals surface area contributed by atoms with Crippen LogP contribution in [0.1, 0.15) is 39.0 Å². The number of guanidine groups is 2. The molecule has 1 amide bonds. The van der Waals surface area contributed by atoms with E-state index < -0.39 is 11.8 Å². The molecule has 1 spiro atoms. The summed E-state index contributed by atoms with van der Waals surface area (Å²) in [6.07, 6.45) is 4.51. The molecule has 2 aliphatic heterocycles. The van der Waals surface area contributed by atoms with Crippen molar-refractivity contribution in [3.05, 3.63) is 18.2 Å². The Kier molecular flexibility index (Phi) is 3.55. The van der Waals surface area contributed by atoms with Gasteiger partial charge in [0.1, 0.15) is 11.4 Å². The first kappa shape index (κ1) is 15.7. The minimum absolute atomic E-state index is 0.152. The number of carbonyl (C=O) groups excluding carboxylic acids is 1. The lowest BCUT2D eigenvalue weighted by Gasteiger charge is -2.45. The SMILES string of the molecule is CC1Oc2cc(N3C(N)=NC(N)=NC34CCCCC4)ccc2NC1=O. The predicted octanol–water partition coefficient (Wildman–Crippen LogP) is 1.52. The molecule has 1 unspecified atom stereocenters. The van der Waals surface area contributed by atoms with Crippen LogP contribution < -0.4 is 26.4 Å². The van der Waals surface area contributed by atoms with Crippen molar-refractivity contribution in [3.63, 3.8) is 0 Å². The molecule has 1 aliphatic carbocycles. The van der Waals surface area contributed by atoms with Crippen LogP contribution in [0.2, 0.25) is 0 Å². The molecule has 25 heavy (non-hydrogen) atoms. The Morgan fingerprint density at radius 2 is 2.04 bits per heavy atom. The number of nitrogens with zero attached hydrogens (tertiary/aromatic N) is 3.